The van der Waals surface area contributed by atoms with Gasteiger partial charge in [-0.1, -0.05) is 37.1 Å². The predicted octanol–water partition coefficient (Wildman–Crippen LogP) is 2.44. The van der Waals surface area contributed by atoms with E-state index < -0.39 is 0 Å². The number of aliphatic hydroxyl groups is 1. The van der Waals surface area contributed by atoms with Crippen LogP contribution in [-0.2, 0) is 13.1 Å². The number of aliphatic hydroxyl groups excluding tert-OH is 1. The largest absolute Gasteiger partial charge is 0.393 e. The minimum atomic E-state index is -0.266. The molecule has 134 valence electrons. The van der Waals surface area contributed by atoms with Crippen LogP contribution in [-0.4, -0.2) is 54.7 Å². The Morgan fingerprint density at radius 1 is 1.12 bits per heavy atom. The van der Waals surface area contributed by atoms with Crippen LogP contribution in [0.25, 0.3) is 0 Å². The van der Waals surface area contributed by atoms with Crippen LogP contribution >= 0.6 is 0 Å². The van der Waals surface area contributed by atoms with Gasteiger partial charge in [0.25, 0.3) is 0 Å². The highest BCUT2D eigenvalue weighted by Gasteiger charge is 2.25. The van der Waals surface area contributed by atoms with Gasteiger partial charge in [0.15, 0.2) is 0 Å². The molecule has 5 heteroatoms. The number of hydrogen-bond acceptors (Lipinski definition) is 3. The van der Waals surface area contributed by atoms with Crippen molar-refractivity contribution in [1.82, 2.24) is 15.1 Å². The molecule has 24 heavy (non-hydrogen) atoms. The Morgan fingerprint density at radius 3 is 2.38 bits per heavy atom. The number of carbonyl (C=O) groups excluding carboxylic acids is 1. The van der Waals surface area contributed by atoms with Crippen molar-refractivity contribution in [1.29, 1.82) is 0 Å². The molecule has 0 aliphatic heterocycles. The molecule has 5 nitrogen and oxygen atoms in total. The summed E-state index contributed by atoms with van der Waals surface area (Å²) in [4.78, 5) is 16.1. The molecule has 2 atom stereocenters. The lowest BCUT2D eigenvalue weighted by Crippen LogP contribution is -2.42. The van der Waals surface area contributed by atoms with Gasteiger partial charge in [0.05, 0.1) is 6.10 Å². The van der Waals surface area contributed by atoms with Gasteiger partial charge in [0.2, 0.25) is 0 Å². The molecule has 0 radical (unpaired) electrons. The van der Waals surface area contributed by atoms with Crippen LogP contribution in [0, 0.1) is 5.92 Å². The average Bonchev–Trinajstić information content (AvgIpc) is 2.55. The van der Waals surface area contributed by atoms with E-state index in [0.717, 1.165) is 37.8 Å². The minimum Gasteiger partial charge on any atom is -0.393 e. The third kappa shape index (κ3) is 5.80. The van der Waals surface area contributed by atoms with Crippen molar-refractivity contribution >= 4 is 6.03 Å². The molecule has 0 unspecified atom stereocenters. The maximum Gasteiger partial charge on any atom is 0.317 e. The fourth-order valence-corrected chi connectivity index (χ4v) is 3.28. The van der Waals surface area contributed by atoms with Gasteiger partial charge >= 0.3 is 6.03 Å². The zero-order valence-electron chi connectivity index (χ0n) is 15.2. The van der Waals surface area contributed by atoms with Crippen molar-refractivity contribution in [2.45, 2.75) is 44.9 Å². The number of nitrogens with one attached hydrogen (secondary N) is 1. The summed E-state index contributed by atoms with van der Waals surface area (Å²) in [6.45, 7) is 2.06. The molecule has 0 bridgehead atoms. The molecule has 2 amide bonds. The third-order valence-corrected chi connectivity index (χ3v) is 4.69. The third-order valence-electron chi connectivity index (χ3n) is 4.69. The van der Waals surface area contributed by atoms with Crippen LogP contribution in [0.4, 0.5) is 4.79 Å². The van der Waals surface area contributed by atoms with Crippen LogP contribution in [0.5, 0.6) is 0 Å². The SMILES string of the molecule is CN(C)Cc1ccc(CNC(=O)N(C)C[C@@H]2CCCC[C@@H]2O)cc1. The first-order valence-electron chi connectivity index (χ1n) is 8.85. The Kier molecular flexibility index (Phi) is 7.06. The molecule has 1 aromatic rings. The number of carbonyl (C=O) groups is 1. The van der Waals surface area contributed by atoms with Crippen molar-refractivity contribution in [3.05, 3.63) is 35.4 Å². The second kappa shape index (κ2) is 9.04. The molecule has 1 aliphatic carbocycles. The number of urea groups is 1. The van der Waals surface area contributed by atoms with E-state index in [1.54, 1.807) is 11.9 Å². The highest BCUT2D eigenvalue weighted by Crippen LogP contribution is 2.24. The monoisotopic (exact) mass is 333 g/mol. The van der Waals surface area contributed by atoms with Crippen molar-refractivity contribution in [2.75, 3.05) is 27.7 Å². The normalized spacial score (nSPS) is 20.9. The van der Waals surface area contributed by atoms with E-state index in [-0.39, 0.29) is 18.1 Å². The topological polar surface area (TPSA) is 55.8 Å². The summed E-state index contributed by atoms with van der Waals surface area (Å²) >= 11 is 0. The van der Waals surface area contributed by atoms with Gasteiger partial charge in [-0.2, -0.15) is 0 Å². The molecular formula is C19H31N3O2. The van der Waals surface area contributed by atoms with E-state index >= 15 is 0 Å². The smallest absolute Gasteiger partial charge is 0.317 e. The molecular weight excluding hydrogens is 302 g/mol. The lowest BCUT2D eigenvalue weighted by Gasteiger charge is -2.31. The Labute approximate surface area is 145 Å². The first-order chi connectivity index (χ1) is 11.5. The lowest BCUT2D eigenvalue weighted by molar-refractivity contribution is 0.0565. The minimum absolute atomic E-state index is 0.0786. The van der Waals surface area contributed by atoms with Crippen LogP contribution in [0.3, 0.4) is 0 Å². The summed E-state index contributed by atoms with van der Waals surface area (Å²) in [5, 5.41) is 13.0. The quantitative estimate of drug-likeness (QED) is 0.841. The summed E-state index contributed by atoms with van der Waals surface area (Å²) in [5.41, 5.74) is 2.36. The molecule has 0 spiro atoms. The van der Waals surface area contributed by atoms with Crippen molar-refractivity contribution < 1.29 is 9.90 Å². The molecule has 1 aromatic carbocycles. The fourth-order valence-electron chi connectivity index (χ4n) is 3.28. The van der Waals surface area contributed by atoms with Gasteiger partial charge in [0, 0.05) is 32.6 Å². The highest BCUT2D eigenvalue weighted by atomic mass is 16.3. The van der Waals surface area contributed by atoms with Gasteiger partial charge in [-0.15, -0.1) is 0 Å². The number of hydrogen-bond donors (Lipinski definition) is 2. The summed E-state index contributed by atoms with van der Waals surface area (Å²) in [7, 11) is 5.90. The molecule has 1 fully saturated rings. The zero-order valence-corrected chi connectivity index (χ0v) is 15.2. The molecule has 0 saturated heterocycles. The Hall–Kier alpha value is -1.59. The number of nitrogens with zero attached hydrogens (tertiary/aromatic N) is 2. The summed E-state index contributed by atoms with van der Waals surface area (Å²) in [6.07, 6.45) is 3.85. The summed E-state index contributed by atoms with van der Waals surface area (Å²) in [6, 6.07) is 8.24. The second-order valence-corrected chi connectivity index (χ2v) is 7.21. The average molecular weight is 333 g/mol. The van der Waals surface area contributed by atoms with Crippen LogP contribution in [0.15, 0.2) is 24.3 Å². The van der Waals surface area contributed by atoms with E-state index in [4.69, 9.17) is 0 Å². The molecule has 1 saturated carbocycles. The molecule has 2 rings (SSSR count). The van der Waals surface area contributed by atoms with E-state index in [1.807, 2.05) is 14.1 Å². The molecule has 0 heterocycles. The van der Waals surface area contributed by atoms with Crippen molar-refractivity contribution in [3.8, 4) is 0 Å². The summed E-state index contributed by atoms with van der Waals surface area (Å²) in [5.74, 6) is 0.208. The predicted molar refractivity (Wildman–Crippen MR) is 96.7 cm³/mol. The Bertz CT molecular complexity index is 516. The van der Waals surface area contributed by atoms with Gasteiger partial charge in [0.1, 0.15) is 0 Å². The van der Waals surface area contributed by atoms with Crippen LogP contribution in [0.2, 0.25) is 0 Å². The first kappa shape index (κ1) is 18.7. The standard InChI is InChI=1S/C19H31N3O2/c1-21(2)13-16-10-8-15(9-11-16)12-20-19(24)22(3)14-17-6-4-5-7-18(17)23/h8-11,17-18,23H,4-7,12-14H2,1-3H3,(H,20,24)/t17-,18-/m0/s1. The fraction of sp³-hybridized carbons (Fsp3) is 0.632. The van der Waals surface area contributed by atoms with Crippen LogP contribution in [0.1, 0.15) is 36.8 Å². The van der Waals surface area contributed by atoms with Gasteiger partial charge in [-0.05, 0) is 38.1 Å². The number of benzene rings is 1. The lowest BCUT2D eigenvalue weighted by atomic mass is 9.86. The molecule has 2 N–H and O–H groups in total. The van der Waals surface area contributed by atoms with E-state index in [2.05, 4.69) is 34.5 Å². The van der Waals surface area contributed by atoms with Crippen molar-refractivity contribution in [3.63, 3.8) is 0 Å². The van der Waals surface area contributed by atoms with Gasteiger partial charge in [-0.3, -0.25) is 0 Å². The van der Waals surface area contributed by atoms with Crippen molar-refractivity contribution in [2.24, 2.45) is 5.92 Å². The molecule has 1 aliphatic rings. The van der Waals surface area contributed by atoms with Crippen LogP contribution < -0.4 is 5.32 Å². The highest BCUT2D eigenvalue weighted by molar-refractivity contribution is 5.73. The Balaban J connectivity index is 1.77. The zero-order chi connectivity index (χ0) is 17.5. The van der Waals surface area contributed by atoms with Gasteiger partial charge < -0.3 is 20.2 Å². The number of rotatable bonds is 6. The number of amides is 2. The van der Waals surface area contributed by atoms with Gasteiger partial charge in [-0.25, -0.2) is 4.79 Å². The van der Waals surface area contributed by atoms with E-state index in [0.29, 0.717) is 13.1 Å². The maximum absolute atomic E-state index is 12.2. The summed E-state index contributed by atoms with van der Waals surface area (Å²) < 4.78 is 0. The Morgan fingerprint density at radius 2 is 1.75 bits per heavy atom. The van der Waals surface area contributed by atoms with E-state index in [9.17, 15) is 9.90 Å². The molecule has 0 aromatic heterocycles. The second-order valence-electron chi connectivity index (χ2n) is 7.21. The van der Waals surface area contributed by atoms with E-state index in [1.165, 1.54) is 5.56 Å². The maximum atomic E-state index is 12.2. The first-order valence-corrected chi connectivity index (χ1v) is 8.85.